The summed E-state index contributed by atoms with van der Waals surface area (Å²) in [6.45, 7) is 4.02. The van der Waals surface area contributed by atoms with Crippen LogP contribution in [0, 0.1) is 5.82 Å². The van der Waals surface area contributed by atoms with Crippen molar-refractivity contribution in [1.82, 2.24) is 25.0 Å². The summed E-state index contributed by atoms with van der Waals surface area (Å²) in [5, 5.41) is 8.24. The maximum atomic E-state index is 13.8. The van der Waals surface area contributed by atoms with E-state index in [9.17, 15) is 9.18 Å². The molecular weight excluding hydrogens is 345 g/mol. The number of halogens is 1. The molecule has 130 valence electrons. The molecule has 0 bridgehead atoms. The number of nitrogens with zero attached hydrogens (tertiary/aromatic N) is 5. The molecule has 0 fully saturated rings. The largest absolute Gasteiger partial charge is 0.465 e. The monoisotopic (exact) mass is 361 g/mol. The standard InChI is InChI=1S/C16H16FN5O2S/c1-3-24-16(23)10(2)25-15-13-14(18-9-19-15)22(21-20-13)8-11-6-4-5-7-12(11)17/h4-7,9-10H,3,8H2,1-2H3. The number of esters is 1. The van der Waals surface area contributed by atoms with Gasteiger partial charge in [0.25, 0.3) is 0 Å². The molecule has 0 radical (unpaired) electrons. The van der Waals surface area contributed by atoms with Gasteiger partial charge in [-0.15, -0.1) is 5.10 Å². The van der Waals surface area contributed by atoms with Gasteiger partial charge in [-0.1, -0.05) is 35.2 Å². The smallest absolute Gasteiger partial charge is 0.319 e. The average molecular weight is 361 g/mol. The average Bonchev–Trinajstić information content (AvgIpc) is 3.01. The minimum atomic E-state index is -0.435. The summed E-state index contributed by atoms with van der Waals surface area (Å²) in [4.78, 5) is 20.2. The zero-order valence-corrected chi connectivity index (χ0v) is 14.5. The first kappa shape index (κ1) is 17.3. The van der Waals surface area contributed by atoms with Gasteiger partial charge in [0, 0.05) is 5.56 Å². The fourth-order valence-corrected chi connectivity index (χ4v) is 3.08. The highest BCUT2D eigenvalue weighted by Gasteiger charge is 2.20. The van der Waals surface area contributed by atoms with Gasteiger partial charge in [0.05, 0.1) is 13.2 Å². The first-order valence-electron chi connectivity index (χ1n) is 7.71. The van der Waals surface area contributed by atoms with E-state index < -0.39 is 5.25 Å². The van der Waals surface area contributed by atoms with Gasteiger partial charge in [-0.3, -0.25) is 4.79 Å². The van der Waals surface area contributed by atoms with Crippen molar-refractivity contribution in [2.45, 2.75) is 30.7 Å². The molecule has 0 spiro atoms. The molecule has 3 aromatic rings. The maximum absolute atomic E-state index is 13.8. The van der Waals surface area contributed by atoms with Crippen LogP contribution in [0.4, 0.5) is 4.39 Å². The van der Waals surface area contributed by atoms with Crippen LogP contribution in [0.25, 0.3) is 11.2 Å². The van der Waals surface area contributed by atoms with Gasteiger partial charge in [0.2, 0.25) is 0 Å². The number of carbonyl (C=O) groups is 1. The van der Waals surface area contributed by atoms with E-state index in [-0.39, 0.29) is 18.3 Å². The van der Waals surface area contributed by atoms with Crippen LogP contribution in [0.2, 0.25) is 0 Å². The van der Waals surface area contributed by atoms with Crippen LogP contribution >= 0.6 is 11.8 Å². The Kier molecular flexibility index (Phi) is 5.22. The van der Waals surface area contributed by atoms with E-state index in [1.165, 1.54) is 28.8 Å². The van der Waals surface area contributed by atoms with Crippen molar-refractivity contribution in [3.63, 3.8) is 0 Å². The van der Waals surface area contributed by atoms with E-state index in [1.54, 1.807) is 32.0 Å². The highest BCUT2D eigenvalue weighted by Crippen LogP contribution is 2.27. The van der Waals surface area contributed by atoms with Crippen molar-refractivity contribution in [2.24, 2.45) is 0 Å². The second kappa shape index (κ2) is 7.56. The fourth-order valence-electron chi connectivity index (χ4n) is 2.23. The predicted molar refractivity (Wildman–Crippen MR) is 90.6 cm³/mol. The number of carbonyl (C=O) groups excluding carboxylic acids is 1. The third kappa shape index (κ3) is 3.76. The number of thioether (sulfide) groups is 1. The summed E-state index contributed by atoms with van der Waals surface area (Å²) >= 11 is 1.23. The molecule has 25 heavy (non-hydrogen) atoms. The fraction of sp³-hybridized carbons (Fsp3) is 0.312. The van der Waals surface area contributed by atoms with E-state index in [4.69, 9.17) is 4.74 Å². The van der Waals surface area contributed by atoms with Gasteiger partial charge in [-0.05, 0) is 19.9 Å². The number of ether oxygens (including phenoxy) is 1. The van der Waals surface area contributed by atoms with E-state index in [0.717, 1.165) is 0 Å². The Hall–Kier alpha value is -2.55. The number of rotatable bonds is 6. The van der Waals surface area contributed by atoms with Crippen LogP contribution in [0.5, 0.6) is 0 Å². The third-order valence-electron chi connectivity index (χ3n) is 3.45. The second-order valence-corrected chi connectivity index (χ2v) is 6.53. The SMILES string of the molecule is CCOC(=O)C(C)Sc1ncnc2c1nnn2Cc1ccccc1F. The lowest BCUT2D eigenvalue weighted by Crippen LogP contribution is -2.16. The van der Waals surface area contributed by atoms with Crippen LogP contribution in [0.1, 0.15) is 19.4 Å². The molecule has 0 saturated carbocycles. The van der Waals surface area contributed by atoms with E-state index >= 15 is 0 Å². The highest BCUT2D eigenvalue weighted by molar-refractivity contribution is 8.00. The molecule has 7 nitrogen and oxygen atoms in total. The zero-order valence-electron chi connectivity index (χ0n) is 13.7. The molecule has 0 aliphatic rings. The Bertz CT molecular complexity index is 901. The Morgan fingerprint density at radius 1 is 1.36 bits per heavy atom. The lowest BCUT2D eigenvalue weighted by molar-refractivity contribution is -0.142. The van der Waals surface area contributed by atoms with Crippen LogP contribution in [0.15, 0.2) is 35.6 Å². The minimum Gasteiger partial charge on any atom is -0.465 e. The summed E-state index contributed by atoms with van der Waals surface area (Å²) in [6, 6.07) is 6.47. The van der Waals surface area contributed by atoms with Crippen LogP contribution in [-0.2, 0) is 16.1 Å². The van der Waals surface area contributed by atoms with E-state index in [0.29, 0.717) is 28.4 Å². The molecule has 0 aliphatic heterocycles. The first-order chi connectivity index (χ1) is 12.1. The lowest BCUT2D eigenvalue weighted by atomic mass is 10.2. The normalized spacial score (nSPS) is 12.3. The van der Waals surface area contributed by atoms with Crippen molar-refractivity contribution in [3.05, 3.63) is 42.0 Å². The summed E-state index contributed by atoms with van der Waals surface area (Å²) < 4.78 is 20.4. The number of aromatic nitrogens is 5. The van der Waals surface area contributed by atoms with Crippen molar-refractivity contribution in [2.75, 3.05) is 6.61 Å². The number of fused-ring (bicyclic) bond motifs is 1. The Labute approximate surface area is 147 Å². The molecule has 1 aromatic carbocycles. The molecule has 0 N–H and O–H groups in total. The number of benzene rings is 1. The highest BCUT2D eigenvalue weighted by atomic mass is 32.2. The molecule has 1 atom stereocenters. The van der Waals surface area contributed by atoms with Gasteiger partial charge >= 0.3 is 5.97 Å². The van der Waals surface area contributed by atoms with E-state index in [2.05, 4.69) is 20.3 Å². The molecule has 0 saturated heterocycles. The third-order valence-corrected chi connectivity index (χ3v) is 4.52. The molecular formula is C16H16FN5O2S. The molecule has 1 unspecified atom stereocenters. The molecule has 9 heteroatoms. The molecule has 3 rings (SSSR count). The van der Waals surface area contributed by atoms with E-state index in [1.807, 2.05) is 0 Å². The molecule has 2 aromatic heterocycles. The summed E-state index contributed by atoms with van der Waals surface area (Å²) in [7, 11) is 0. The second-order valence-electron chi connectivity index (χ2n) is 5.20. The molecule has 0 aliphatic carbocycles. The quantitative estimate of drug-likeness (QED) is 0.379. The molecule has 0 amide bonds. The van der Waals surface area contributed by atoms with Crippen LogP contribution in [-0.4, -0.2) is 42.8 Å². The van der Waals surface area contributed by atoms with Gasteiger partial charge in [-0.25, -0.2) is 19.0 Å². The Morgan fingerprint density at radius 3 is 2.92 bits per heavy atom. The summed E-state index contributed by atoms with van der Waals surface area (Å²) in [5.41, 5.74) is 1.44. The van der Waals surface area contributed by atoms with Crippen molar-refractivity contribution < 1.29 is 13.9 Å². The van der Waals surface area contributed by atoms with Gasteiger partial charge in [0.15, 0.2) is 11.2 Å². The summed E-state index contributed by atoms with van der Waals surface area (Å²) in [5.74, 6) is -0.635. The van der Waals surface area contributed by atoms with Crippen LogP contribution < -0.4 is 0 Å². The minimum absolute atomic E-state index is 0.206. The number of hydrogen-bond acceptors (Lipinski definition) is 7. The van der Waals surface area contributed by atoms with Crippen LogP contribution in [0.3, 0.4) is 0 Å². The first-order valence-corrected chi connectivity index (χ1v) is 8.59. The van der Waals surface area contributed by atoms with Gasteiger partial charge in [0.1, 0.15) is 22.4 Å². The maximum Gasteiger partial charge on any atom is 0.319 e. The zero-order chi connectivity index (χ0) is 17.8. The predicted octanol–water partition coefficient (Wildman–Crippen LogP) is 2.45. The summed E-state index contributed by atoms with van der Waals surface area (Å²) in [6.07, 6.45) is 1.38. The van der Waals surface area contributed by atoms with Crippen molar-refractivity contribution in [1.29, 1.82) is 0 Å². The Balaban J connectivity index is 1.87. The van der Waals surface area contributed by atoms with Crippen molar-refractivity contribution in [3.8, 4) is 0 Å². The van der Waals surface area contributed by atoms with Gasteiger partial charge < -0.3 is 4.74 Å². The Morgan fingerprint density at radius 2 is 2.16 bits per heavy atom. The lowest BCUT2D eigenvalue weighted by Gasteiger charge is -2.09. The van der Waals surface area contributed by atoms with Crippen molar-refractivity contribution >= 4 is 28.9 Å². The molecule has 2 heterocycles. The van der Waals surface area contributed by atoms with Gasteiger partial charge in [-0.2, -0.15) is 0 Å². The topological polar surface area (TPSA) is 82.8 Å². The number of hydrogen-bond donors (Lipinski definition) is 0.